The maximum absolute atomic E-state index is 10.6. The molecule has 0 rings (SSSR count). The highest BCUT2D eigenvalue weighted by Crippen LogP contribution is 2.14. The molecule has 54 heavy (non-hydrogen) atoms. The first-order chi connectivity index (χ1) is 26.1. The van der Waals surface area contributed by atoms with Crippen molar-refractivity contribution in [1.82, 2.24) is 0 Å². The molecular weight excluding hydrogens is 686 g/mol. The summed E-state index contributed by atoms with van der Waals surface area (Å²) in [6.45, 7) is 9.23. The molecule has 0 fully saturated rings. The minimum Gasteiger partial charge on any atom is -1.00 e. The Morgan fingerprint density at radius 1 is 0.444 bits per heavy atom. The van der Waals surface area contributed by atoms with Gasteiger partial charge in [-0.15, -0.1) is 0 Å². The first-order valence-corrected chi connectivity index (χ1v) is 23.8. The van der Waals surface area contributed by atoms with Crippen LogP contribution in [0, 0.1) is 0 Å². The fourth-order valence-electron chi connectivity index (χ4n) is 7.36. The van der Waals surface area contributed by atoms with Crippen molar-refractivity contribution in [3.05, 3.63) is 24.3 Å². The molecule has 0 saturated carbocycles. The highest BCUT2D eigenvalue weighted by molar-refractivity contribution is 5.48. The van der Waals surface area contributed by atoms with Gasteiger partial charge in [0.05, 0.1) is 27.2 Å². The van der Waals surface area contributed by atoms with Gasteiger partial charge in [0.25, 0.3) is 0 Å². The maximum atomic E-state index is 10.6. The number of hydrogen-bond donors (Lipinski definition) is 0. The third-order valence-electron chi connectivity index (χ3n) is 10.9. The third kappa shape index (κ3) is 45.7. The number of unbranched alkanes of at least 4 members (excludes halogenated alkanes) is 29. The molecule has 0 N–H and O–H groups in total. The van der Waals surface area contributed by atoms with E-state index in [1.54, 1.807) is 0 Å². The smallest absolute Gasteiger partial charge is 0.130 e. The largest absolute Gasteiger partial charge is 1.00 e. The third-order valence-corrected chi connectivity index (χ3v) is 10.9. The van der Waals surface area contributed by atoms with Crippen LogP contribution in [0.1, 0.15) is 232 Å². The Labute approximate surface area is 345 Å². The Bertz CT molecular complexity index is 770. The van der Waals surface area contributed by atoms with Gasteiger partial charge < -0.3 is 31.2 Å². The van der Waals surface area contributed by atoms with Crippen molar-refractivity contribution in [3.63, 3.8) is 0 Å². The molecule has 4 nitrogen and oxygen atoms in total. The highest BCUT2D eigenvalue weighted by atomic mass is 35.5. The molecule has 0 radical (unpaired) electrons. The van der Waals surface area contributed by atoms with Crippen molar-refractivity contribution in [3.8, 4) is 0 Å². The normalized spacial score (nSPS) is 12.6. The molecule has 0 aromatic rings. The van der Waals surface area contributed by atoms with Gasteiger partial charge in [0.1, 0.15) is 18.9 Å². The van der Waals surface area contributed by atoms with Gasteiger partial charge in [-0.2, -0.15) is 0 Å². The van der Waals surface area contributed by atoms with E-state index in [0.717, 1.165) is 56.4 Å². The molecule has 0 aromatic carbocycles. The summed E-state index contributed by atoms with van der Waals surface area (Å²) in [5.41, 5.74) is 0. The lowest BCUT2D eigenvalue weighted by molar-refractivity contribution is -0.893. The summed E-state index contributed by atoms with van der Waals surface area (Å²) in [6.07, 6.45) is 55.1. The second-order valence-electron chi connectivity index (χ2n) is 17.0. The molecule has 0 saturated heterocycles. The van der Waals surface area contributed by atoms with Crippen LogP contribution in [0.4, 0.5) is 0 Å². The Hall–Kier alpha value is -0.680. The standard InChI is InChI=1S/C49H96NO3.ClH/c1-5-7-9-11-13-15-17-19-21-23-25-27-29-33-37-41-45-52-48-49(47-50(3,4)43-39-35-31-32-36-40-44-51)53-46-42-38-34-30-28-26-24-22-20-18-16-14-12-10-8-6-2;/h19-22,44,49H,5-18,23-43,45-48H2,1-4H3;1H/q+1;/p-1. The summed E-state index contributed by atoms with van der Waals surface area (Å²) in [5, 5.41) is 0. The Balaban J connectivity index is 0. The lowest BCUT2D eigenvalue weighted by Crippen LogP contribution is -3.00. The molecule has 0 aliphatic heterocycles. The van der Waals surface area contributed by atoms with E-state index < -0.39 is 0 Å². The van der Waals surface area contributed by atoms with Crippen LogP contribution in [0.15, 0.2) is 24.3 Å². The van der Waals surface area contributed by atoms with Crippen LogP contribution in [-0.2, 0) is 14.3 Å². The van der Waals surface area contributed by atoms with Crippen LogP contribution < -0.4 is 12.4 Å². The lowest BCUT2D eigenvalue weighted by atomic mass is 10.1. The van der Waals surface area contributed by atoms with Crippen LogP contribution in [-0.4, -0.2) is 63.9 Å². The zero-order chi connectivity index (χ0) is 38.6. The van der Waals surface area contributed by atoms with E-state index in [9.17, 15) is 4.79 Å². The summed E-state index contributed by atoms with van der Waals surface area (Å²) in [4.78, 5) is 10.6. The summed E-state index contributed by atoms with van der Waals surface area (Å²) < 4.78 is 13.8. The average Bonchev–Trinajstić information content (AvgIpc) is 3.15. The van der Waals surface area contributed by atoms with Gasteiger partial charge in [0.2, 0.25) is 0 Å². The number of aldehydes is 1. The first-order valence-electron chi connectivity index (χ1n) is 23.8. The number of halogens is 1. The van der Waals surface area contributed by atoms with E-state index in [-0.39, 0.29) is 18.5 Å². The van der Waals surface area contributed by atoms with Crippen molar-refractivity contribution in [2.45, 2.75) is 238 Å². The number of likely N-dealkylation sites (N-methyl/N-ethyl adjacent to an activating group) is 1. The van der Waals surface area contributed by atoms with Gasteiger partial charge in [0.15, 0.2) is 0 Å². The average molecular weight is 783 g/mol. The van der Waals surface area contributed by atoms with E-state index in [0.29, 0.717) is 0 Å². The van der Waals surface area contributed by atoms with Gasteiger partial charge >= 0.3 is 0 Å². The van der Waals surface area contributed by atoms with E-state index in [1.165, 1.54) is 206 Å². The summed E-state index contributed by atoms with van der Waals surface area (Å²) in [5.74, 6) is 0. The summed E-state index contributed by atoms with van der Waals surface area (Å²) in [6, 6.07) is 0. The Morgan fingerprint density at radius 3 is 1.22 bits per heavy atom. The zero-order valence-corrected chi connectivity index (χ0v) is 37.8. The maximum Gasteiger partial charge on any atom is 0.130 e. The molecule has 0 amide bonds. The fraction of sp³-hybridized carbons (Fsp3) is 0.898. The zero-order valence-electron chi connectivity index (χ0n) is 37.1. The van der Waals surface area contributed by atoms with Crippen molar-refractivity contribution in [2.75, 3.05) is 47.0 Å². The number of rotatable bonds is 45. The molecule has 0 aliphatic carbocycles. The van der Waals surface area contributed by atoms with E-state index in [1.807, 2.05) is 0 Å². The van der Waals surface area contributed by atoms with Gasteiger partial charge in [0, 0.05) is 19.6 Å². The predicted molar refractivity (Wildman–Crippen MR) is 235 cm³/mol. The van der Waals surface area contributed by atoms with Gasteiger partial charge in [-0.1, -0.05) is 167 Å². The SMILES string of the molecule is CCCCCCCCC=CCCCCCCCCOCC(C[N+](C)(C)CCCCCCCC=O)OCCCCCCCCC=CCCCCCCCC.[Cl-]. The molecule has 1 unspecified atom stereocenters. The summed E-state index contributed by atoms with van der Waals surface area (Å²) >= 11 is 0. The number of quaternary nitrogens is 1. The molecule has 0 spiro atoms. The van der Waals surface area contributed by atoms with Gasteiger partial charge in [-0.3, -0.25) is 0 Å². The van der Waals surface area contributed by atoms with Crippen molar-refractivity contribution in [2.24, 2.45) is 0 Å². The topological polar surface area (TPSA) is 35.5 Å². The van der Waals surface area contributed by atoms with Crippen LogP contribution in [0.2, 0.25) is 0 Å². The molecule has 0 heterocycles. The molecular formula is C49H96ClNO3. The molecule has 1 atom stereocenters. The van der Waals surface area contributed by atoms with E-state index in [2.05, 4.69) is 52.2 Å². The monoisotopic (exact) mass is 782 g/mol. The quantitative estimate of drug-likeness (QED) is 0.0267. The van der Waals surface area contributed by atoms with Crippen LogP contribution in [0.5, 0.6) is 0 Å². The van der Waals surface area contributed by atoms with Crippen LogP contribution in [0.25, 0.3) is 0 Å². The minimum absolute atomic E-state index is 0. The number of carbonyl (C=O) groups is 1. The number of allylic oxidation sites excluding steroid dienone is 4. The molecule has 0 bridgehead atoms. The number of hydrogen-bond acceptors (Lipinski definition) is 3. The van der Waals surface area contributed by atoms with E-state index in [4.69, 9.17) is 9.47 Å². The molecule has 0 aromatic heterocycles. The number of ether oxygens (including phenoxy) is 2. The Morgan fingerprint density at radius 2 is 0.796 bits per heavy atom. The van der Waals surface area contributed by atoms with Crippen molar-refractivity contribution < 1.29 is 31.2 Å². The molecule has 0 aliphatic rings. The second-order valence-corrected chi connectivity index (χ2v) is 17.0. The molecule has 322 valence electrons. The molecule has 5 heteroatoms. The summed E-state index contributed by atoms with van der Waals surface area (Å²) in [7, 11) is 4.72. The highest BCUT2D eigenvalue weighted by Gasteiger charge is 2.23. The fourth-order valence-corrected chi connectivity index (χ4v) is 7.36. The predicted octanol–water partition coefficient (Wildman–Crippen LogP) is 12.1. The van der Waals surface area contributed by atoms with Gasteiger partial charge in [-0.25, -0.2) is 0 Å². The Kier molecular flexibility index (Phi) is 47.9. The van der Waals surface area contributed by atoms with Crippen LogP contribution >= 0.6 is 0 Å². The minimum atomic E-state index is 0. The van der Waals surface area contributed by atoms with Crippen molar-refractivity contribution in [1.29, 1.82) is 0 Å². The number of nitrogens with zero attached hydrogens (tertiary/aromatic N) is 1. The van der Waals surface area contributed by atoms with Crippen LogP contribution in [0.3, 0.4) is 0 Å². The van der Waals surface area contributed by atoms with Crippen molar-refractivity contribution >= 4 is 6.29 Å². The van der Waals surface area contributed by atoms with Gasteiger partial charge in [-0.05, 0) is 83.5 Å². The lowest BCUT2D eigenvalue weighted by Gasteiger charge is -2.33. The number of carbonyl (C=O) groups excluding carboxylic acids is 1. The second kappa shape index (κ2) is 46.7. The van der Waals surface area contributed by atoms with E-state index >= 15 is 0 Å². The first kappa shape index (κ1) is 55.4.